The molecule has 0 saturated heterocycles. The van der Waals surface area contributed by atoms with Crippen LogP contribution in [0.15, 0.2) is 24.3 Å². The van der Waals surface area contributed by atoms with E-state index in [-0.39, 0.29) is 11.7 Å². The van der Waals surface area contributed by atoms with E-state index in [1.807, 2.05) is 0 Å². The monoisotopic (exact) mass is 374 g/mol. The minimum atomic E-state index is -0.143. The van der Waals surface area contributed by atoms with Crippen molar-refractivity contribution in [3.63, 3.8) is 0 Å². The van der Waals surface area contributed by atoms with E-state index < -0.39 is 0 Å². The van der Waals surface area contributed by atoms with Gasteiger partial charge in [0.2, 0.25) is 0 Å². The van der Waals surface area contributed by atoms with Crippen molar-refractivity contribution in [2.24, 2.45) is 17.3 Å². The van der Waals surface area contributed by atoms with Gasteiger partial charge in [-0.2, -0.15) is 0 Å². The van der Waals surface area contributed by atoms with Crippen LogP contribution < -0.4 is 4.74 Å². The van der Waals surface area contributed by atoms with Crippen molar-refractivity contribution >= 4 is 0 Å². The van der Waals surface area contributed by atoms with Crippen LogP contribution in [0.3, 0.4) is 0 Å². The molecule has 0 aliphatic heterocycles. The molecular weight excluding hydrogens is 332 g/mol. The zero-order chi connectivity index (χ0) is 19.9. The van der Waals surface area contributed by atoms with Gasteiger partial charge in [0, 0.05) is 6.42 Å². The molecule has 1 fully saturated rings. The van der Waals surface area contributed by atoms with Gasteiger partial charge >= 0.3 is 0 Å². The fraction of sp³-hybridized carbons (Fsp3) is 0.760. The molecule has 27 heavy (non-hydrogen) atoms. The predicted octanol–water partition coefficient (Wildman–Crippen LogP) is 7.57. The summed E-state index contributed by atoms with van der Waals surface area (Å²) in [4.78, 5) is 0. The van der Waals surface area contributed by atoms with Crippen LogP contribution in [0.5, 0.6) is 5.75 Å². The molecule has 0 N–H and O–H groups in total. The maximum Gasteiger partial charge on any atom is 0.199 e. The summed E-state index contributed by atoms with van der Waals surface area (Å²) in [6.07, 6.45) is 8.89. The minimum Gasteiger partial charge on any atom is -0.465 e. The average Bonchev–Trinajstić information content (AvgIpc) is 2.60. The van der Waals surface area contributed by atoms with Crippen molar-refractivity contribution < 1.29 is 9.47 Å². The fourth-order valence-electron chi connectivity index (χ4n) is 4.90. The van der Waals surface area contributed by atoms with Gasteiger partial charge in [0.25, 0.3) is 0 Å². The van der Waals surface area contributed by atoms with E-state index in [9.17, 15) is 0 Å². The van der Waals surface area contributed by atoms with Gasteiger partial charge in [-0.3, -0.25) is 0 Å². The van der Waals surface area contributed by atoms with Gasteiger partial charge in [-0.25, -0.2) is 0 Å². The molecule has 2 unspecified atom stereocenters. The van der Waals surface area contributed by atoms with E-state index in [4.69, 9.17) is 9.47 Å². The average molecular weight is 375 g/mol. The molecule has 1 saturated carbocycles. The highest BCUT2D eigenvalue weighted by Gasteiger charge is 2.29. The van der Waals surface area contributed by atoms with Gasteiger partial charge in [-0.1, -0.05) is 85.8 Å². The zero-order valence-electron chi connectivity index (χ0n) is 18.6. The van der Waals surface area contributed by atoms with E-state index in [0.29, 0.717) is 11.8 Å². The maximum absolute atomic E-state index is 6.21. The summed E-state index contributed by atoms with van der Waals surface area (Å²) >= 11 is 0. The minimum absolute atomic E-state index is 0.143. The quantitative estimate of drug-likeness (QED) is 0.415. The lowest BCUT2D eigenvalue weighted by atomic mass is 9.70. The molecule has 2 heteroatoms. The van der Waals surface area contributed by atoms with E-state index in [1.54, 1.807) is 0 Å². The lowest BCUT2D eigenvalue weighted by molar-refractivity contribution is -0.0856. The van der Waals surface area contributed by atoms with Crippen molar-refractivity contribution in [2.45, 2.75) is 98.7 Å². The summed E-state index contributed by atoms with van der Waals surface area (Å²) in [5.41, 5.74) is 1.60. The Balaban J connectivity index is 1.94. The van der Waals surface area contributed by atoms with Crippen LogP contribution in [0.4, 0.5) is 0 Å². The highest BCUT2D eigenvalue weighted by Crippen LogP contribution is 2.41. The summed E-state index contributed by atoms with van der Waals surface area (Å²) in [6.45, 7) is 14.6. The fourth-order valence-corrected chi connectivity index (χ4v) is 4.90. The molecular formula is C25H42O2. The normalized spacial score (nSPS) is 18.5. The Labute approximate surface area is 168 Å². The van der Waals surface area contributed by atoms with Crippen molar-refractivity contribution in [1.82, 2.24) is 0 Å². The highest BCUT2D eigenvalue weighted by atomic mass is 16.7. The first-order valence-electron chi connectivity index (χ1n) is 11.2. The van der Waals surface area contributed by atoms with Crippen LogP contribution in [0, 0.1) is 17.3 Å². The second kappa shape index (κ2) is 10.5. The largest absolute Gasteiger partial charge is 0.465 e. The van der Waals surface area contributed by atoms with Crippen LogP contribution >= 0.6 is 0 Å². The molecule has 154 valence electrons. The molecule has 2 rings (SSSR count). The maximum atomic E-state index is 6.21. The van der Waals surface area contributed by atoms with Crippen LogP contribution in [0.1, 0.15) is 98.0 Å². The molecule has 2 nitrogen and oxygen atoms in total. The Kier molecular flexibility index (Phi) is 8.66. The molecule has 2 atom stereocenters. The van der Waals surface area contributed by atoms with E-state index in [1.165, 1.54) is 44.1 Å². The van der Waals surface area contributed by atoms with Crippen LogP contribution in [-0.4, -0.2) is 12.9 Å². The smallest absolute Gasteiger partial charge is 0.199 e. The Morgan fingerprint density at radius 1 is 1.07 bits per heavy atom. The SMILES string of the molecule is CCC(OCCC1CCCCC1)Oc1cccc(C(C(C)C)C(C)(C)C)c1. The number of ether oxygens (including phenoxy) is 2. The second-order valence-electron chi connectivity index (χ2n) is 9.78. The molecule has 1 aliphatic carbocycles. The van der Waals surface area contributed by atoms with Gasteiger partial charge in [-0.15, -0.1) is 0 Å². The number of rotatable bonds is 9. The molecule has 1 aromatic carbocycles. The highest BCUT2D eigenvalue weighted by molar-refractivity contribution is 5.32. The predicted molar refractivity (Wildman–Crippen MR) is 115 cm³/mol. The third-order valence-corrected chi connectivity index (χ3v) is 5.97. The number of hydrogen-bond donors (Lipinski definition) is 0. The molecule has 0 spiro atoms. The summed E-state index contributed by atoms with van der Waals surface area (Å²) < 4.78 is 12.3. The van der Waals surface area contributed by atoms with Crippen molar-refractivity contribution in [1.29, 1.82) is 0 Å². The summed E-state index contributed by atoms with van der Waals surface area (Å²) in [6, 6.07) is 8.66. The first-order chi connectivity index (χ1) is 12.8. The van der Waals surface area contributed by atoms with E-state index in [2.05, 4.69) is 65.8 Å². The Morgan fingerprint density at radius 3 is 2.37 bits per heavy atom. The Hall–Kier alpha value is -1.02. The molecule has 0 amide bonds. The van der Waals surface area contributed by atoms with Crippen LogP contribution in [0.2, 0.25) is 0 Å². The van der Waals surface area contributed by atoms with Gasteiger partial charge in [0.15, 0.2) is 6.29 Å². The molecule has 1 aromatic rings. The Morgan fingerprint density at radius 2 is 1.78 bits per heavy atom. The second-order valence-corrected chi connectivity index (χ2v) is 9.78. The van der Waals surface area contributed by atoms with Crippen LogP contribution in [-0.2, 0) is 4.74 Å². The van der Waals surface area contributed by atoms with Gasteiger partial charge in [-0.05, 0) is 47.3 Å². The topological polar surface area (TPSA) is 18.5 Å². The molecule has 0 aromatic heterocycles. The van der Waals surface area contributed by atoms with Crippen molar-refractivity contribution in [3.8, 4) is 5.75 Å². The van der Waals surface area contributed by atoms with Gasteiger partial charge in [0.1, 0.15) is 5.75 Å². The number of benzene rings is 1. The first kappa shape index (κ1) is 22.3. The molecule has 0 radical (unpaired) electrons. The molecule has 1 aliphatic rings. The standard InChI is InChI=1S/C25H42O2/c1-7-23(26-17-16-20-12-9-8-10-13-20)27-22-15-11-14-21(18-22)24(19(2)3)25(4,5)6/h11,14-15,18-20,23-24H,7-10,12-13,16-17H2,1-6H3. The lowest BCUT2D eigenvalue weighted by Crippen LogP contribution is -2.24. The van der Waals surface area contributed by atoms with Gasteiger partial charge < -0.3 is 9.47 Å². The summed E-state index contributed by atoms with van der Waals surface area (Å²) in [7, 11) is 0. The van der Waals surface area contributed by atoms with Gasteiger partial charge in [0.05, 0.1) is 6.61 Å². The summed E-state index contributed by atoms with van der Waals surface area (Å²) in [5.74, 6) is 2.90. The molecule has 0 heterocycles. The first-order valence-corrected chi connectivity index (χ1v) is 11.2. The number of hydrogen-bond acceptors (Lipinski definition) is 2. The Bertz CT molecular complexity index is 538. The third-order valence-electron chi connectivity index (χ3n) is 5.97. The van der Waals surface area contributed by atoms with Crippen LogP contribution in [0.25, 0.3) is 0 Å². The van der Waals surface area contributed by atoms with E-state index in [0.717, 1.165) is 24.7 Å². The molecule has 0 bridgehead atoms. The summed E-state index contributed by atoms with van der Waals surface area (Å²) in [5, 5.41) is 0. The van der Waals surface area contributed by atoms with E-state index >= 15 is 0 Å². The van der Waals surface area contributed by atoms with Crippen molar-refractivity contribution in [2.75, 3.05) is 6.61 Å². The zero-order valence-corrected chi connectivity index (χ0v) is 18.6. The lowest BCUT2D eigenvalue weighted by Gasteiger charge is -2.34. The third kappa shape index (κ3) is 7.14. The van der Waals surface area contributed by atoms with Crippen molar-refractivity contribution in [3.05, 3.63) is 29.8 Å².